The Morgan fingerprint density at radius 3 is 2.70 bits per heavy atom. The molecule has 0 aliphatic rings. The Morgan fingerprint density at radius 1 is 1.15 bits per heavy atom. The molecule has 0 aliphatic heterocycles. The Kier molecular flexibility index (Phi) is 3.12. The van der Waals surface area contributed by atoms with Gasteiger partial charge in [0.2, 0.25) is 0 Å². The topological polar surface area (TPSA) is 55.1 Å². The molecule has 3 rings (SSSR count). The third-order valence-electron chi connectivity index (χ3n) is 2.96. The van der Waals surface area contributed by atoms with E-state index >= 15 is 0 Å². The van der Waals surface area contributed by atoms with Crippen molar-refractivity contribution in [1.29, 1.82) is 0 Å². The molecule has 0 atom stereocenters. The maximum absolute atomic E-state index is 11.1. The molecular weight excluding hydrogens is 299 g/mol. The van der Waals surface area contributed by atoms with Crippen molar-refractivity contribution < 1.29 is 9.90 Å². The van der Waals surface area contributed by atoms with E-state index in [4.69, 9.17) is 28.3 Å². The first kappa shape index (κ1) is 13.0. The Labute approximate surface area is 124 Å². The molecule has 0 amide bonds. The Morgan fingerprint density at radius 2 is 1.95 bits per heavy atom. The molecule has 0 unspecified atom stereocenters. The summed E-state index contributed by atoms with van der Waals surface area (Å²) in [5.41, 5.74) is 2.20. The van der Waals surface area contributed by atoms with Crippen molar-refractivity contribution >= 4 is 40.2 Å². The lowest BCUT2D eigenvalue weighted by molar-refractivity contribution is 0.0697. The first-order valence-electron chi connectivity index (χ1n) is 5.72. The van der Waals surface area contributed by atoms with Gasteiger partial charge in [0.05, 0.1) is 27.3 Å². The van der Waals surface area contributed by atoms with Crippen molar-refractivity contribution in [2.24, 2.45) is 0 Å². The van der Waals surface area contributed by atoms with Gasteiger partial charge in [-0.1, -0.05) is 23.2 Å². The van der Waals surface area contributed by atoms with Crippen LogP contribution >= 0.6 is 23.2 Å². The zero-order valence-electron chi connectivity index (χ0n) is 10.0. The van der Waals surface area contributed by atoms with Crippen molar-refractivity contribution in [2.75, 3.05) is 0 Å². The summed E-state index contributed by atoms with van der Waals surface area (Å²) in [6, 6.07) is 9.82. The van der Waals surface area contributed by atoms with E-state index in [0.717, 1.165) is 0 Å². The van der Waals surface area contributed by atoms with Crippen molar-refractivity contribution in [3.8, 4) is 5.69 Å². The van der Waals surface area contributed by atoms with Crippen molar-refractivity contribution in [1.82, 2.24) is 9.55 Å². The van der Waals surface area contributed by atoms with Gasteiger partial charge < -0.3 is 5.11 Å². The fourth-order valence-corrected chi connectivity index (χ4v) is 2.38. The number of aromatic nitrogens is 2. The van der Waals surface area contributed by atoms with Crippen LogP contribution < -0.4 is 0 Å². The third-order valence-corrected chi connectivity index (χ3v) is 3.52. The summed E-state index contributed by atoms with van der Waals surface area (Å²) in [6.45, 7) is 0. The quantitative estimate of drug-likeness (QED) is 0.777. The number of nitrogens with zero attached hydrogens (tertiary/aromatic N) is 2. The van der Waals surface area contributed by atoms with E-state index in [1.807, 2.05) is 0 Å². The number of rotatable bonds is 2. The molecule has 1 aromatic heterocycles. The smallest absolute Gasteiger partial charge is 0.335 e. The number of imidazole rings is 1. The lowest BCUT2D eigenvalue weighted by Crippen LogP contribution is -1.98. The highest BCUT2D eigenvalue weighted by Crippen LogP contribution is 2.27. The van der Waals surface area contributed by atoms with Crippen LogP contribution in [0.1, 0.15) is 10.4 Å². The monoisotopic (exact) mass is 306 g/mol. The fraction of sp³-hybridized carbons (Fsp3) is 0. The molecule has 0 spiro atoms. The van der Waals surface area contributed by atoms with Crippen LogP contribution in [0.3, 0.4) is 0 Å². The number of carbonyl (C=O) groups is 1. The molecule has 1 heterocycles. The predicted molar refractivity (Wildman–Crippen MR) is 78.0 cm³/mol. The first-order chi connectivity index (χ1) is 9.56. The maximum atomic E-state index is 11.1. The number of hydrogen-bond acceptors (Lipinski definition) is 2. The second-order valence-electron chi connectivity index (χ2n) is 4.22. The van der Waals surface area contributed by atoms with E-state index in [-0.39, 0.29) is 5.56 Å². The Bertz CT molecular complexity index is 827. The summed E-state index contributed by atoms with van der Waals surface area (Å²) >= 11 is 12.1. The Balaban J connectivity index is 2.28. The number of carboxylic acids is 1. The van der Waals surface area contributed by atoms with Gasteiger partial charge in [0.15, 0.2) is 0 Å². The van der Waals surface area contributed by atoms with Crippen molar-refractivity contribution in [3.63, 3.8) is 0 Å². The van der Waals surface area contributed by atoms with Gasteiger partial charge in [0.1, 0.15) is 6.33 Å². The average molecular weight is 307 g/mol. The molecule has 4 nitrogen and oxygen atoms in total. The highest BCUT2D eigenvalue weighted by molar-refractivity contribution is 6.34. The zero-order chi connectivity index (χ0) is 14.3. The summed E-state index contributed by atoms with van der Waals surface area (Å²) in [5.74, 6) is -0.989. The van der Waals surface area contributed by atoms with Crippen molar-refractivity contribution in [2.45, 2.75) is 0 Å². The molecule has 0 saturated heterocycles. The highest BCUT2D eigenvalue weighted by Gasteiger charge is 2.11. The molecule has 0 radical (unpaired) electrons. The second-order valence-corrected chi connectivity index (χ2v) is 5.06. The van der Waals surface area contributed by atoms with Gasteiger partial charge in [0, 0.05) is 5.02 Å². The van der Waals surface area contributed by atoms with Crippen LogP contribution in [0.15, 0.2) is 42.7 Å². The van der Waals surface area contributed by atoms with Crippen LogP contribution in [-0.2, 0) is 0 Å². The van der Waals surface area contributed by atoms with Gasteiger partial charge >= 0.3 is 5.97 Å². The number of fused-ring (bicyclic) bond motifs is 1. The lowest BCUT2D eigenvalue weighted by atomic mass is 10.2. The third kappa shape index (κ3) is 2.13. The fourth-order valence-electron chi connectivity index (χ4n) is 2.00. The number of benzene rings is 2. The van der Waals surface area contributed by atoms with E-state index < -0.39 is 5.97 Å². The van der Waals surface area contributed by atoms with Gasteiger partial charge in [-0.25, -0.2) is 9.78 Å². The van der Waals surface area contributed by atoms with Gasteiger partial charge in [-0.05, 0) is 36.4 Å². The summed E-state index contributed by atoms with van der Waals surface area (Å²) in [6.07, 6.45) is 1.59. The summed E-state index contributed by atoms with van der Waals surface area (Å²) in [5, 5.41) is 10.1. The minimum Gasteiger partial charge on any atom is -0.478 e. The summed E-state index contributed by atoms with van der Waals surface area (Å²) in [4.78, 5) is 15.3. The summed E-state index contributed by atoms with van der Waals surface area (Å²) < 4.78 is 1.72. The predicted octanol–water partition coefficient (Wildman–Crippen LogP) is 4.03. The van der Waals surface area contributed by atoms with E-state index in [9.17, 15) is 4.79 Å². The largest absolute Gasteiger partial charge is 0.478 e. The molecule has 0 fully saturated rings. The van der Waals surface area contributed by atoms with E-state index in [1.165, 1.54) is 6.07 Å². The molecule has 6 heteroatoms. The minimum absolute atomic E-state index is 0.192. The number of hydrogen-bond donors (Lipinski definition) is 1. The van der Waals surface area contributed by atoms with E-state index in [0.29, 0.717) is 26.8 Å². The van der Waals surface area contributed by atoms with Gasteiger partial charge in [-0.15, -0.1) is 0 Å². The molecule has 0 aliphatic carbocycles. The van der Waals surface area contributed by atoms with Crippen molar-refractivity contribution in [3.05, 3.63) is 58.3 Å². The molecule has 3 aromatic rings. The molecule has 2 aromatic carbocycles. The van der Waals surface area contributed by atoms with Crippen LogP contribution in [0.25, 0.3) is 16.7 Å². The zero-order valence-corrected chi connectivity index (χ0v) is 11.6. The van der Waals surface area contributed by atoms with E-state index in [2.05, 4.69) is 4.98 Å². The first-order valence-corrected chi connectivity index (χ1v) is 6.47. The molecule has 1 N–H and O–H groups in total. The molecule has 0 saturated carbocycles. The van der Waals surface area contributed by atoms with Crippen LogP contribution in [0.4, 0.5) is 0 Å². The van der Waals surface area contributed by atoms with Gasteiger partial charge in [-0.3, -0.25) is 4.57 Å². The summed E-state index contributed by atoms with van der Waals surface area (Å²) in [7, 11) is 0. The minimum atomic E-state index is -0.989. The standard InChI is InChI=1S/C14H8Cl2N2O2/c15-9-2-3-10(16)12(6-9)18-7-17-11-4-1-8(14(19)20)5-13(11)18/h1-7H,(H,19,20). The van der Waals surface area contributed by atoms with E-state index in [1.54, 1.807) is 41.2 Å². The van der Waals surface area contributed by atoms with Crippen LogP contribution in [0.2, 0.25) is 10.0 Å². The average Bonchev–Trinajstić information content (AvgIpc) is 2.84. The number of carboxylic acid groups (broad SMARTS) is 1. The lowest BCUT2D eigenvalue weighted by Gasteiger charge is -2.07. The molecule has 20 heavy (non-hydrogen) atoms. The molecule has 0 bridgehead atoms. The number of aromatic carboxylic acids is 1. The Hall–Kier alpha value is -2.04. The highest BCUT2D eigenvalue weighted by atomic mass is 35.5. The van der Waals surface area contributed by atoms with Crippen LogP contribution in [0.5, 0.6) is 0 Å². The SMILES string of the molecule is O=C(O)c1ccc2ncn(-c3cc(Cl)ccc3Cl)c2c1. The normalized spacial score (nSPS) is 10.9. The molecular formula is C14H8Cl2N2O2. The van der Waals surface area contributed by atoms with Crippen LogP contribution in [-0.4, -0.2) is 20.6 Å². The molecule has 100 valence electrons. The maximum Gasteiger partial charge on any atom is 0.335 e. The van der Waals surface area contributed by atoms with Gasteiger partial charge in [-0.2, -0.15) is 0 Å². The van der Waals surface area contributed by atoms with Gasteiger partial charge in [0.25, 0.3) is 0 Å². The number of halogens is 2. The second kappa shape index (κ2) is 4.81. The van der Waals surface area contributed by atoms with Crippen LogP contribution in [0, 0.1) is 0 Å².